The van der Waals surface area contributed by atoms with Gasteiger partial charge in [0.1, 0.15) is 22.8 Å². The van der Waals surface area contributed by atoms with Crippen molar-refractivity contribution in [2.45, 2.75) is 6.54 Å². The Hall–Kier alpha value is -1.53. The fourth-order valence-corrected chi connectivity index (χ4v) is 2.91. The normalized spacial score (nSPS) is 10.8. The Morgan fingerprint density at radius 3 is 3.05 bits per heavy atom. The van der Waals surface area contributed by atoms with Crippen LogP contribution in [0.3, 0.4) is 0 Å². The summed E-state index contributed by atoms with van der Waals surface area (Å²) in [7, 11) is 0. The molecular formula is C13H9BrFN3S. The van der Waals surface area contributed by atoms with E-state index in [1.54, 1.807) is 17.4 Å². The highest BCUT2D eigenvalue weighted by molar-refractivity contribution is 9.10. The van der Waals surface area contributed by atoms with Crippen LogP contribution in [0.4, 0.5) is 10.2 Å². The third kappa shape index (κ3) is 2.59. The van der Waals surface area contributed by atoms with Crippen molar-refractivity contribution in [1.82, 2.24) is 9.97 Å². The van der Waals surface area contributed by atoms with Crippen LogP contribution in [0, 0.1) is 5.82 Å². The van der Waals surface area contributed by atoms with Gasteiger partial charge in [0.15, 0.2) is 0 Å². The molecule has 0 amide bonds. The molecule has 1 N–H and O–H groups in total. The van der Waals surface area contributed by atoms with Crippen molar-refractivity contribution in [2.75, 3.05) is 5.32 Å². The molecule has 2 aromatic heterocycles. The lowest BCUT2D eigenvalue weighted by Gasteiger charge is -2.08. The first-order chi connectivity index (χ1) is 9.24. The highest BCUT2D eigenvalue weighted by Crippen LogP contribution is 2.25. The molecule has 0 aliphatic carbocycles. The summed E-state index contributed by atoms with van der Waals surface area (Å²) in [6, 6.07) is 6.61. The molecule has 0 radical (unpaired) electrons. The fraction of sp³-hybridized carbons (Fsp3) is 0.0769. The van der Waals surface area contributed by atoms with E-state index < -0.39 is 0 Å². The first kappa shape index (κ1) is 12.5. The second-order valence-corrected chi connectivity index (χ2v) is 5.70. The number of nitrogens with zero attached hydrogens (tertiary/aromatic N) is 2. The van der Waals surface area contributed by atoms with Gasteiger partial charge in [0.2, 0.25) is 0 Å². The van der Waals surface area contributed by atoms with Gasteiger partial charge in [-0.1, -0.05) is 15.9 Å². The van der Waals surface area contributed by atoms with Crippen LogP contribution in [-0.2, 0) is 6.54 Å². The summed E-state index contributed by atoms with van der Waals surface area (Å²) in [6.45, 7) is 0.500. The minimum absolute atomic E-state index is 0.247. The van der Waals surface area contributed by atoms with Gasteiger partial charge in [-0.05, 0) is 35.2 Å². The van der Waals surface area contributed by atoms with Gasteiger partial charge in [-0.15, -0.1) is 11.3 Å². The van der Waals surface area contributed by atoms with E-state index in [4.69, 9.17) is 0 Å². The zero-order valence-corrected chi connectivity index (χ0v) is 12.1. The Bertz CT molecular complexity index is 729. The number of benzene rings is 1. The number of anilines is 1. The lowest BCUT2D eigenvalue weighted by Crippen LogP contribution is -2.03. The van der Waals surface area contributed by atoms with Crippen LogP contribution in [0.5, 0.6) is 0 Å². The Kier molecular flexibility index (Phi) is 3.44. The molecule has 3 rings (SSSR count). The molecule has 3 aromatic rings. The second-order valence-electron chi connectivity index (χ2n) is 3.95. The maximum Gasteiger partial charge on any atom is 0.138 e. The van der Waals surface area contributed by atoms with Crippen LogP contribution in [0.15, 0.2) is 40.4 Å². The van der Waals surface area contributed by atoms with Crippen molar-refractivity contribution in [3.63, 3.8) is 0 Å². The Morgan fingerprint density at radius 1 is 1.26 bits per heavy atom. The predicted octanol–water partition coefficient (Wildman–Crippen LogP) is 4.21. The Balaban J connectivity index is 1.86. The van der Waals surface area contributed by atoms with E-state index in [-0.39, 0.29) is 5.82 Å². The molecule has 0 spiro atoms. The smallest absolute Gasteiger partial charge is 0.138 e. The summed E-state index contributed by atoms with van der Waals surface area (Å²) < 4.78 is 14.1. The fourth-order valence-electron chi connectivity index (χ4n) is 1.79. The van der Waals surface area contributed by atoms with Gasteiger partial charge in [0.05, 0.1) is 5.39 Å². The average Bonchev–Trinajstić information content (AvgIpc) is 2.88. The zero-order valence-electron chi connectivity index (χ0n) is 9.73. The van der Waals surface area contributed by atoms with E-state index in [9.17, 15) is 4.39 Å². The highest BCUT2D eigenvalue weighted by atomic mass is 79.9. The first-order valence-electron chi connectivity index (χ1n) is 5.60. The van der Waals surface area contributed by atoms with E-state index in [1.807, 2.05) is 11.4 Å². The van der Waals surface area contributed by atoms with Crippen molar-refractivity contribution < 1.29 is 4.39 Å². The van der Waals surface area contributed by atoms with Gasteiger partial charge in [-0.2, -0.15) is 0 Å². The number of halogens is 2. The van der Waals surface area contributed by atoms with Crippen molar-refractivity contribution in [2.24, 2.45) is 0 Å². The van der Waals surface area contributed by atoms with Crippen molar-refractivity contribution >= 4 is 43.3 Å². The molecule has 0 saturated carbocycles. The topological polar surface area (TPSA) is 37.8 Å². The van der Waals surface area contributed by atoms with Gasteiger partial charge >= 0.3 is 0 Å². The van der Waals surface area contributed by atoms with Crippen LogP contribution in [0.2, 0.25) is 0 Å². The van der Waals surface area contributed by atoms with Crippen molar-refractivity contribution in [3.8, 4) is 0 Å². The summed E-state index contributed by atoms with van der Waals surface area (Å²) in [5.74, 6) is 0.519. The van der Waals surface area contributed by atoms with Gasteiger partial charge in [0, 0.05) is 11.0 Å². The monoisotopic (exact) mass is 337 g/mol. The summed E-state index contributed by atoms with van der Waals surface area (Å²) >= 11 is 4.98. The Morgan fingerprint density at radius 2 is 2.16 bits per heavy atom. The van der Waals surface area contributed by atoms with E-state index >= 15 is 0 Å². The van der Waals surface area contributed by atoms with Crippen molar-refractivity contribution in [1.29, 1.82) is 0 Å². The number of rotatable bonds is 3. The molecule has 0 aliphatic rings. The molecule has 0 bridgehead atoms. The number of hydrogen-bond acceptors (Lipinski definition) is 4. The van der Waals surface area contributed by atoms with Crippen LogP contribution < -0.4 is 5.32 Å². The number of hydrogen-bond donors (Lipinski definition) is 1. The summed E-state index contributed by atoms with van der Waals surface area (Å²) in [5, 5.41) is 6.18. The predicted molar refractivity (Wildman–Crippen MR) is 78.8 cm³/mol. The van der Waals surface area contributed by atoms with Gasteiger partial charge in [0.25, 0.3) is 0 Å². The van der Waals surface area contributed by atoms with Gasteiger partial charge in [-0.3, -0.25) is 0 Å². The molecule has 0 saturated heterocycles. The summed E-state index contributed by atoms with van der Waals surface area (Å²) in [6.07, 6.45) is 1.53. The molecule has 0 fully saturated rings. The quantitative estimate of drug-likeness (QED) is 0.778. The molecule has 96 valence electrons. The number of thiophene rings is 1. The van der Waals surface area contributed by atoms with E-state index in [1.165, 1.54) is 18.5 Å². The number of fused-ring (bicyclic) bond motifs is 1. The molecule has 0 atom stereocenters. The maximum atomic E-state index is 13.2. The minimum atomic E-state index is -0.247. The second kappa shape index (κ2) is 5.22. The lowest BCUT2D eigenvalue weighted by molar-refractivity contribution is 0.625. The molecule has 0 unspecified atom stereocenters. The highest BCUT2D eigenvalue weighted by Gasteiger charge is 2.06. The van der Waals surface area contributed by atoms with Crippen LogP contribution in [0.25, 0.3) is 10.2 Å². The third-order valence-electron chi connectivity index (χ3n) is 2.72. The van der Waals surface area contributed by atoms with Crippen molar-refractivity contribution in [3.05, 3.63) is 51.8 Å². The SMILES string of the molecule is Fc1ccc(Br)c(CNc2ncnc3sccc23)c1. The summed E-state index contributed by atoms with van der Waals surface area (Å²) in [5.41, 5.74) is 0.849. The maximum absolute atomic E-state index is 13.2. The van der Waals surface area contributed by atoms with Crippen LogP contribution in [0.1, 0.15) is 5.56 Å². The summed E-state index contributed by atoms with van der Waals surface area (Å²) in [4.78, 5) is 9.35. The largest absolute Gasteiger partial charge is 0.365 e. The van der Waals surface area contributed by atoms with Crippen LogP contribution >= 0.6 is 27.3 Å². The number of nitrogens with one attached hydrogen (secondary N) is 1. The molecule has 2 heterocycles. The molecule has 19 heavy (non-hydrogen) atoms. The minimum Gasteiger partial charge on any atom is -0.365 e. The lowest BCUT2D eigenvalue weighted by atomic mass is 10.2. The number of aromatic nitrogens is 2. The third-order valence-corrected chi connectivity index (χ3v) is 4.31. The Labute approximate surface area is 121 Å². The van der Waals surface area contributed by atoms with E-state index in [2.05, 4.69) is 31.2 Å². The van der Waals surface area contributed by atoms with E-state index in [0.29, 0.717) is 6.54 Å². The molecular weight excluding hydrogens is 329 g/mol. The standard InChI is InChI=1S/C13H9BrFN3S/c14-11-2-1-9(15)5-8(11)6-16-12-10-3-4-19-13(10)18-7-17-12/h1-5,7H,6H2,(H,16,17,18). The van der Waals surface area contributed by atoms with E-state index in [0.717, 1.165) is 26.1 Å². The molecule has 3 nitrogen and oxygen atoms in total. The molecule has 1 aromatic carbocycles. The van der Waals surface area contributed by atoms with Gasteiger partial charge < -0.3 is 5.32 Å². The first-order valence-corrected chi connectivity index (χ1v) is 7.27. The van der Waals surface area contributed by atoms with Crippen LogP contribution in [-0.4, -0.2) is 9.97 Å². The average molecular weight is 338 g/mol. The molecule has 6 heteroatoms. The zero-order chi connectivity index (χ0) is 13.2. The van der Waals surface area contributed by atoms with Gasteiger partial charge in [-0.25, -0.2) is 14.4 Å². The molecule has 0 aliphatic heterocycles.